The minimum absolute atomic E-state index is 0.148. The van der Waals surface area contributed by atoms with Crippen LogP contribution in [0, 0.1) is 12.8 Å². The summed E-state index contributed by atoms with van der Waals surface area (Å²) in [6.07, 6.45) is 11.2. The van der Waals surface area contributed by atoms with Crippen LogP contribution in [0.2, 0.25) is 0 Å². The molecule has 4 heterocycles. The normalized spacial score (nSPS) is 26.9. The average Bonchev–Trinajstić information content (AvgIpc) is 3.94. The third kappa shape index (κ3) is 6.77. The van der Waals surface area contributed by atoms with Gasteiger partial charge in [-0.25, -0.2) is 18.4 Å². The van der Waals surface area contributed by atoms with E-state index in [0.29, 0.717) is 48.4 Å². The molecule has 3 fully saturated rings. The van der Waals surface area contributed by atoms with E-state index in [0.717, 1.165) is 41.6 Å². The van der Waals surface area contributed by atoms with Crippen molar-refractivity contribution in [3.63, 3.8) is 0 Å². The zero-order valence-corrected chi connectivity index (χ0v) is 29.3. The SMILES string of the molecule is COc1ccc2c(OC3CC4C(=O)NC5(C(=O)NS(=O)(=O)C6CC6)CC5/C=C/CCCCCCC(=O)N4C3)cc(-c3nccs3)nc2c1C. The van der Waals surface area contributed by atoms with Gasteiger partial charge in [0.25, 0.3) is 5.91 Å². The molecule has 4 aliphatic rings. The van der Waals surface area contributed by atoms with E-state index < -0.39 is 44.8 Å². The van der Waals surface area contributed by atoms with Crippen molar-refractivity contribution in [2.75, 3.05) is 13.7 Å². The van der Waals surface area contributed by atoms with Crippen LogP contribution in [0.3, 0.4) is 0 Å². The number of hydrogen-bond acceptors (Lipinski definition) is 10. The van der Waals surface area contributed by atoms with Crippen molar-refractivity contribution >= 4 is 50.0 Å². The Morgan fingerprint density at radius 2 is 1.96 bits per heavy atom. The second-order valence-corrected chi connectivity index (χ2v) is 16.4. The Bertz CT molecular complexity index is 1910. The van der Waals surface area contributed by atoms with Crippen molar-refractivity contribution in [2.45, 2.75) is 94.1 Å². The summed E-state index contributed by atoms with van der Waals surface area (Å²) in [6.45, 7) is 2.11. The molecule has 3 amide bonds. The van der Waals surface area contributed by atoms with Crippen molar-refractivity contribution in [1.82, 2.24) is 24.9 Å². The number of pyridine rings is 1. The summed E-state index contributed by atoms with van der Waals surface area (Å²) in [6, 6.07) is 4.69. The highest BCUT2D eigenvalue weighted by atomic mass is 32.2. The number of nitrogens with zero attached hydrogens (tertiary/aromatic N) is 3. The number of rotatable bonds is 7. The molecule has 3 aromatic rings. The number of fused-ring (bicyclic) bond motifs is 3. The maximum absolute atomic E-state index is 14.1. The Labute approximate surface area is 289 Å². The second-order valence-electron chi connectivity index (χ2n) is 13.5. The summed E-state index contributed by atoms with van der Waals surface area (Å²) < 4.78 is 39.9. The molecule has 0 radical (unpaired) electrons. The Balaban J connectivity index is 1.19. The summed E-state index contributed by atoms with van der Waals surface area (Å²) in [4.78, 5) is 52.3. The fraction of sp³-hybridized carbons (Fsp3) is 0.514. The molecule has 2 aromatic heterocycles. The fourth-order valence-corrected chi connectivity index (χ4v) is 8.97. The van der Waals surface area contributed by atoms with Crippen LogP contribution < -0.4 is 19.5 Å². The lowest BCUT2D eigenvalue weighted by atomic mass is 10.1. The number of methoxy groups -OCH3 is 1. The van der Waals surface area contributed by atoms with Crippen LogP contribution in [-0.4, -0.2) is 77.6 Å². The van der Waals surface area contributed by atoms with E-state index in [9.17, 15) is 22.8 Å². The van der Waals surface area contributed by atoms with Gasteiger partial charge in [0, 0.05) is 47.4 Å². The minimum Gasteiger partial charge on any atom is -0.496 e. The fourth-order valence-electron chi connectivity index (χ4n) is 7.01. The van der Waals surface area contributed by atoms with Gasteiger partial charge < -0.3 is 19.7 Å². The summed E-state index contributed by atoms with van der Waals surface area (Å²) >= 11 is 1.46. The Morgan fingerprint density at radius 3 is 2.71 bits per heavy atom. The maximum atomic E-state index is 14.1. The summed E-state index contributed by atoms with van der Waals surface area (Å²) in [5.41, 5.74) is 0.782. The third-order valence-electron chi connectivity index (χ3n) is 10.0. The first-order chi connectivity index (χ1) is 23.6. The number of ether oxygens (including phenoxy) is 2. The summed E-state index contributed by atoms with van der Waals surface area (Å²) in [7, 11) is -2.21. The summed E-state index contributed by atoms with van der Waals surface area (Å²) in [5.74, 6) is -0.471. The molecule has 1 saturated heterocycles. The zero-order chi connectivity index (χ0) is 34.3. The molecular weight excluding hydrogens is 667 g/mol. The van der Waals surface area contributed by atoms with Gasteiger partial charge in [-0.3, -0.25) is 19.1 Å². The third-order valence-corrected chi connectivity index (χ3v) is 12.7. The first-order valence-corrected chi connectivity index (χ1v) is 19.4. The van der Waals surface area contributed by atoms with Gasteiger partial charge in [0.2, 0.25) is 21.8 Å². The molecule has 0 bridgehead atoms. The van der Waals surface area contributed by atoms with Crippen LogP contribution >= 0.6 is 11.3 Å². The maximum Gasteiger partial charge on any atom is 0.259 e. The van der Waals surface area contributed by atoms with Crippen LogP contribution in [0.4, 0.5) is 0 Å². The van der Waals surface area contributed by atoms with Crippen molar-refractivity contribution in [3.8, 4) is 22.2 Å². The molecule has 7 rings (SSSR count). The first-order valence-electron chi connectivity index (χ1n) is 17.0. The molecule has 2 N–H and O–H groups in total. The number of carbonyl (C=O) groups is 3. The van der Waals surface area contributed by atoms with E-state index in [-0.39, 0.29) is 31.2 Å². The number of aromatic nitrogens is 2. The highest BCUT2D eigenvalue weighted by molar-refractivity contribution is 7.91. The molecule has 49 heavy (non-hydrogen) atoms. The zero-order valence-electron chi connectivity index (χ0n) is 27.6. The number of benzene rings is 1. The minimum atomic E-state index is -3.82. The number of amides is 3. The summed E-state index contributed by atoms with van der Waals surface area (Å²) in [5, 5.41) is 5.71. The van der Waals surface area contributed by atoms with Gasteiger partial charge in [0.15, 0.2) is 0 Å². The highest BCUT2D eigenvalue weighted by Crippen LogP contribution is 2.46. The van der Waals surface area contributed by atoms with E-state index >= 15 is 0 Å². The molecule has 260 valence electrons. The van der Waals surface area contributed by atoms with Crippen molar-refractivity contribution in [1.29, 1.82) is 0 Å². The Morgan fingerprint density at radius 1 is 1.14 bits per heavy atom. The molecule has 4 unspecified atom stereocenters. The highest BCUT2D eigenvalue weighted by Gasteiger charge is 2.62. The number of nitrogens with one attached hydrogen (secondary N) is 2. The molecule has 12 nitrogen and oxygen atoms in total. The van der Waals surface area contributed by atoms with Crippen molar-refractivity contribution < 1.29 is 32.3 Å². The van der Waals surface area contributed by atoms with Crippen LogP contribution in [0.25, 0.3) is 21.6 Å². The van der Waals surface area contributed by atoms with Crippen LogP contribution in [0.15, 0.2) is 41.9 Å². The number of sulfonamides is 1. The smallest absolute Gasteiger partial charge is 0.259 e. The number of aryl methyl sites for hydroxylation is 1. The van der Waals surface area contributed by atoms with Gasteiger partial charge in [-0.05, 0) is 57.6 Å². The molecule has 2 aliphatic heterocycles. The van der Waals surface area contributed by atoms with E-state index in [1.165, 1.54) is 11.3 Å². The molecule has 1 aromatic carbocycles. The van der Waals surface area contributed by atoms with E-state index in [4.69, 9.17) is 14.5 Å². The van der Waals surface area contributed by atoms with Gasteiger partial charge >= 0.3 is 0 Å². The van der Waals surface area contributed by atoms with Gasteiger partial charge in [0.1, 0.15) is 39.9 Å². The van der Waals surface area contributed by atoms with Crippen LogP contribution in [0.1, 0.15) is 69.8 Å². The van der Waals surface area contributed by atoms with Gasteiger partial charge in [-0.15, -0.1) is 11.3 Å². The van der Waals surface area contributed by atoms with Crippen molar-refractivity contribution in [3.05, 3.63) is 47.5 Å². The standard InChI is InChI=1S/C35H41N5O7S2/c1-21-28(46-2)14-13-25-29(18-26(37-31(21)25)33-36-15-16-48-33)47-23-17-27-32(42)38-35(34(43)39-49(44,45)24-11-12-24)19-22(35)9-7-5-3-4-6-8-10-30(41)40(27)20-23/h7,9,13-16,18,22-24,27H,3-6,8,10-12,17,19-20H2,1-2H3,(H,38,42)(H,39,43)/b9-7+. The number of carbonyl (C=O) groups excluding carboxylic acids is 3. The number of thiazole rings is 1. The lowest BCUT2D eigenvalue weighted by molar-refractivity contribution is -0.139. The Hall–Kier alpha value is -4.04. The molecule has 0 spiro atoms. The lowest BCUT2D eigenvalue weighted by Crippen LogP contribution is -2.56. The number of hydrogen-bond donors (Lipinski definition) is 2. The van der Waals surface area contributed by atoms with E-state index in [1.54, 1.807) is 18.2 Å². The molecule has 14 heteroatoms. The molecule has 2 aliphatic carbocycles. The quantitative estimate of drug-likeness (QED) is 0.340. The van der Waals surface area contributed by atoms with E-state index in [2.05, 4.69) is 15.0 Å². The molecule has 4 atom stereocenters. The molecule has 2 saturated carbocycles. The largest absolute Gasteiger partial charge is 0.496 e. The topological polar surface area (TPSA) is 157 Å². The predicted octanol–water partition coefficient (Wildman–Crippen LogP) is 4.42. The lowest BCUT2D eigenvalue weighted by Gasteiger charge is -2.26. The van der Waals surface area contributed by atoms with Crippen molar-refractivity contribution in [2.24, 2.45) is 5.92 Å². The first kappa shape index (κ1) is 33.5. The van der Waals surface area contributed by atoms with E-state index in [1.807, 2.05) is 42.7 Å². The van der Waals surface area contributed by atoms with Crippen LogP contribution in [0.5, 0.6) is 11.5 Å². The second kappa shape index (κ2) is 13.3. The van der Waals surface area contributed by atoms with Crippen LogP contribution in [-0.2, 0) is 24.4 Å². The number of allylic oxidation sites excluding steroid dienone is 1. The monoisotopic (exact) mass is 707 g/mol. The predicted molar refractivity (Wildman–Crippen MR) is 185 cm³/mol. The van der Waals surface area contributed by atoms with Gasteiger partial charge in [0.05, 0.1) is 24.4 Å². The molecular formula is C35H41N5O7S2. The van der Waals surface area contributed by atoms with Gasteiger partial charge in [-0.1, -0.05) is 25.0 Å². The Kier molecular flexibility index (Phi) is 9.11. The average molecular weight is 708 g/mol. The van der Waals surface area contributed by atoms with Gasteiger partial charge in [-0.2, -0.15) is 0 Å².